The van der Waals surface area contributed by atoms with Crippen molar-refractivity contribution in [2.24, 2.45) is 0 Å². The molecule has 0 saturated carbocycles. The molecule has 0 heterocycles. The molecule has 0 fully saturated rings. The van der Waals surface area contributed by atoms with Crippen LogP contribution in [0.5, 0.6) is 0 Å². The molecule has 1 atom stereocenters. The van der Waals surface area contributed by atoms with Crippen molar-refractivity contribution in [2.75, 3.05) is 13.2 Å². The highest BCUT2D eigenvalue weighted by Crippen LogP contribution is 2.17. The Labute approximate surface area is 495 Å². The van der Waals surface area contributed by atoms with Crippen LogP contribution in [-0.4, -0.2) is 36.4 Å². The van der Waals surface area contributed by atoms with Crippen molar-refractivity contribution in [3.63, 3.8) is 0 Å². The number of allylic oxidation sites excluding steroid dienone is 24. The van der Waals surface area contributed by atoms with Crippen LogP contribution in [0.25, 0.3) is 0 Å². The lowest BCUT2D eigenvalue weighted by molar-refractivity contribution is -0.161. The van der Waals surface area contributed by atoms with E-state index in [0.717, 1.165) is 96.3 Å². The Morgan fingerprint density at radius 2 is 0.550 bits per heavy atom. The van der Waals surface area contributed by atoms with Gasteiger partial charge in [0.05, 0.1) is 6.61 Å². The van der Waals surface area contributed by atoms with Crippen LogP contribution < -0.4 is 0 Å². The molecular weight excluding hydrogens is 981 g/mol. The summed E-state index contributed by atoms with van der Waals surface area (Å²) >= 11 is 0. The van der Waals surface area contributed by atoms with Gasteiger partial charge in [-0.2, -0.15) is 0 Å². The van der Waals surface area contributed by atoms with E-state index in [0.29, 0.717) is 12.8 Å². The zero-order valence-electron chi connectivity index (χ0n) is 52.0. The number of rotatable bonds is 60. The number of hydrogen-bond donors (Lipinski definition) is 1. The summed E-state index contributed by atoms with van der Waals surface area (Å²) in [6.45, 7) is 3.98. The number of aliphatic hydroxyl groups is 1. The van der Waals surface area contributed by atoms with Gasteiger partial charge in [-0.25, -0.2) is 0 Å². The molecule has 0 spiro atoms. The highest BCUT2D eigenvalue weighted by atomic mass is 16.6. The maximum atomic E-state index is 12.3. The summed E-state index contributed by atoms with van der Waals surface area (Å²) in [7, 11) is 0. The first kappa shape index (κ1) is 75.8. The van der Waals surface area contributed by atoms with Gasteiger partial charge in [0.1, 0.15) is 6.61 Å². The van der Waals surface area contributed by atoms with Crippen LogP contribution in [0.2, 0.25) is 0 Å². The van der Waals surface area contributed by atoms with Crippen molar-refractivity contribution in [2.45, 2.75) is 302 Å². The van der Waals surface area contributed by atoms with Gasteiger partial charge in [0.25, 0.3) is 0 Å². The average molecular weight is 1110 g/mol. The number of esters is 2. The standard InChI is InChI=1S/C75H124O5/c1-3-5-7-9-11-13-15-17-19-21-23-25-27-29-31-33-34-35-36-37-38-39-40-42-43-45-47-49-51-53-55-57-59-61-63-65-67-69-74(77)79-72-73(71-76)80-75(78)70-68-66-64-62-60-58-56-54-52-50-48-46-44-41-32-30-28-26-24-22-20-18-16-14-12-10-8-6-4-2/h6,8,12,14-15,17-18,20-21,23-24,26-27,29-30,32,44,46,50,52,56,58,62,64,73,76H,3-5,7,9-11,13,16,19,22,25,28,31,33-43,45,47-49,51,53-55,57,59-61,63,65-72H2,1-2H3/b8-6-,14-12-,17-15-,20-18-,23-21-,26-24-,29-27-,32-30-,46-44-,52-50-,58-56-,64-62-. The molecule has 1 N–H and O–H groups in total. The summed E-state index contributed by atoms with van der Waals surface area (Å²) in [6.07, 6.45) is 104. The van der Waals surface area contributed by atoms with E-state index in [1.165, 1.54) is 167 Å². The summed E-state index contributed by atoms with van der Waals surface area (Å²) < 4.78 is 10.7. The van der Waals surface area contributed by atoms with E-state index >= 15 is 0 Å². The molecule has 0 aliphatic rings. The normalized spacial score (nSPS) is 13.2. The zero-order valence-corrected chi connectivity index (χ0v) is 52.0. The van der Waals surface area contributed by atoms with E-state index in [1.54, 1.807) is 0 Å². The third kappa shape index (κ3) is 66.3. The first-order valence-electron chi connectivity index (χ1n) is 33.4. The lowest BCUT2D eigenvalue weighted by Gasteiger charge is -2.15. The summed E-state index contributed by atoms with van der Waals surface area (Å²) in [4.78, 5) is 24.6. The third-order valence-electron chi connectivity index (χ3n) is 14.1. The quantitative estimate of drug-likeness (QED) is 0.0373. The van der Waals surface area contributed by atoms with Crippen LogP contribution in [0.1, 0.15) is 296 Å². The molecule has 0 saturated heterocycles. The first-order chi connectivity index (χ1) is 39.6. The van der Waals surface area contributed by atoms with Gasteiger partial charge in [0.15, 0.2) is 6.10 Å². The molecule has 80 heavy (non-hydrogen) atoms. The third-order valence-corrected chi connectivity index (χ3v) is 14.1. The van der Waals surface area contributed by atoms with Crippen LogP contribution in [-0.2, 0) is 19.1 Å². The van der Waals surface area contributed by atoms with Gasteiger partial charge in [-0.05, 0) is 116 Å². The highest BCUT2D eigenvalue weighted by Gasteiger charge is 2.16. The fourth-order valence-corrected chi connectivity index (χ4v) is 9.15. The summed E-state index contributed by atoms with van der Waals surface area (Å²) in [5.41, 5.74) is 0. The molecule has 0 rings (SSSR count). The Balaban J connectivity index is 3.55. The highest BCUT2D eigenvalue weighted by molar-refractivity contribution is 5.70. The maximum absolute atomic E-state index is 12.3. The Morgan fingerprint density at radius 1 is 0.300 bits per heavy atom. The van der Waals surface area contributed by atoms with Crippen molar-refractivity contribution in [1.82, 2.24) is 0 Å². The van der Waals surface area contributed by atoms with Crippen LogP contribution >= 0.6 is 0 Å². The monoisotopic (exact) mass is 1100 g/mol. The number of ether oxygens (including phenoxy) is 2. The first-order valence-corrected chi connectivity index (χ1v) is 33.4. The minimum absolute atomic E-state index is 0.0956. The fraction of sp³-hybridized carbons (Fsp3) is 0.653. The van der Waals surface area contributed by atoms with Crippen LogP contribution in [0.4, 0.5) is 0 Å². The number of aliphatic hydroxyl groups excluding tert-OH is 1. The number of carbonyl (C=O) groups is 2. The topological polar surface area (TPSA) is 72.8 Å². The van der Waals surface area contributed by atoms with Crippen molar-refractivity contribution in [3.8, 4) is 0 Å². The van der Waals surface area contributed by atoms with Gasteiger partial charge >= 0.3 is 11.9 Å². The van der Waals surface area contributed by atoms with Crippen molar-refractivity contribution in [1.29, 1.82) is 0 Å². The smallest absolute Gasteiger partial charge is 0.306 e. The second-order valence-electron chi connectivity index (χ2n) is 21.8. The molecule has 0 aliphatic heterocycles. The minimum Gasteiger partial charge on any atom is -0.462 e. The number of unbranched alkanes of at least 4 members (excludes halogenated alkanes) is 28. The summed E-state index contributed by atoms with van der Waals surface area (Å²) in [5, 5.41) is 9.68. The second kappa shape index (κ2) is 69.1. The van der Waals surface area contributed by atoms with Gasteiger partial charge in [0, 0.05) is 12.8 Å². The van der Waals surface area contributed by atoms with Crippen LogP contribution in [0.3, 0.4) is 0 Å². The van der Waals surface area contributed by atoms with E-state index in [-0.39, 0.29) is 31.6 Å². The van der Waals surface area contributed by atoms with E-state index < -0.39 is 6.10 Å². The molecule has 0 amide bonds. The predicted molar refractivity (Wildman–Crippen MR) is 352 cm³/mol. The van der Waals surface area contributed by atoms with E-state index in [4.69, 9.17) is 9.47 Å². The van der Waals surface area contributed by atoms with E-state index in [9.17, 15) is 14.7 Å². The second-order valence-corrected chi connectivity index (χ2v) is 21.8. The molecular formula is C75H124O5. The van der Waals surface area contributed by atoms with E-state index in [1.807, 2.05) is 0 Å². The van der Waals surface area contributed by atoms with Gasteiger partial charge in [0.2, 0.25) is 0 Å². The maximum Gasteiger partial charge on any atom is 0.306 e. The van der Waals surface area contributed by atoms with Gasteiger partial charge in [-0.15, -0.1) is 0 Å². The Kier molecular flexibility index (Phi) is 65.4. The molecule has 0 radical (unpaired) electrons. The molecule has 0 aromatic heterocycles. The lowest BCUT2D eigenvalue weighted by Crippen LogP contribution is -2.28. The predicted octanol–water partition coefficient (Wildman–Crippen LogP) is 23.3. The molecule has 5 heteroatoms. The summed E-state index contributed by atoms with van der Waals surface area (Å²) in [5.74, 6) is -0.661. The average Bonchev–Trinajstić information content (AvgIpc) is 3.46. The fourth-order valence-electron chi connectivity index (χ4n) is 9.15. The SMILES string of the molecule is CC/C=C\C/C=C\C/C=C\C/C=C\C/C=C\C/C=C\C/C=C\C/C=C\C/C=C\CCCC(=O)OC(CO)COC(=O)CCCCCCCCCCCCCCCCCCCCCCCC/C=C\C/C=C\C/C=C\CCCCCCC. The molecule has 5 nitrogen and oxygen atoms in total. The van der Waals surface area contributed by atoms with E-state index in [2.05, 4.69) is 160 Å². The Hall–Kier alpha value is -4.22. The molecule has 0 aliphatic carbocycles. The van der Waals surface area contributed by atoms with Crippen LogP contribution in [0, 0.1) is 0 Å². The Bertz CT molecular complexity index is 1680. The van der Waals surface area contributed by atoms with Crippen molar-refractivity contribution < 1.29 is 24.2 Å². The molecule has 0 bridgehead atoms. The van der Waals surface area contributed by atoms with Crippen LogP contribution in [0.15, 0.2) is 146 Å². The van der Waals surface area contributed by atoms with Crippen molar-refractivity contribution in [3.05, 3.63) is 146 Å². The zero-order chi connectivity index (χ0) is 57.6. The largest absolute Gasteiger partial charge is 0.462 e. The van der Waals surface area contributed by atoms with Crippen molar-refractivity contribution >= 4 is 11.9 Å². The number of carbonyl (C=O) groups excluding carboxylic acids is 2. The minimum atomic E-state index is -0.813. The Morgan fingerprint density at radius 3 is 0.850 bits per heavy atom. The van der Waals surface area contributed by atoms with Gasteiger partial charge < -0.3 is 14.6 Å². The van der Waals surface area contributed by atoms with Gasteiger partial charge in [-0.1, -0.05) is 314 Å². The number of hydrogen-bond acceptors (Lipinski definition) is 5. The molecule has 0 aromatic carbocycles. The molecule has 1 unspecified atom stereocenters. The summed E-state index contributed by atoms with van der Waals surface area (Å²) in [6, 6.07) is 0. The lowest BCUT2D eigenvalue weighted by atomic mass is 10.0. The molecule has 454 valence electrons. The van der Waals surface area contributed by atoms with Gasteiger partial charge in [-0.3, -0.25) is 9.59 Å². The molecule has 0 aromatic rings.